The molecule has 84 valence electrons. The van der Waals surface area contributed by atoms with E-state index in [0.717, 1.165) is 18.4 Å². The molecule has 2 atom stereocenters. The highest BCUT2D eigenvalue weighted by molar-refractivity contribution is 5.01. The van der Waals surface area contributed by atoms with Crippen molar-refractivity contribution in [2.75, 3.05) is 6.61 Å². The number of rotatable bonds is 7. The van der Waals surface area contributed by atoms with E-state index in [4.69, 9.17) is 5.11 Å². The van der Waals surface area contributed by atoms with Gasteiger partial charge in [0, 0.05) is 6.61 Å². The second-order valence-electron chi connectivity index (χ2n) is 4.09. The van der Waals surface area contributed by atoms with Crippen molar-refractivity contribution in [3.63, 3.8) is 0 Å². The van der Waals surface area contributed by atoms with Gasteiger partial charge in [-0.25, -0.2) is 0 Å². The van der Waals surface area contributed by atoms with Crippen molar-refractivity contribution in [1.82, 2.24) is 0 Å². The molecule has 0 amide bonds. The molecule has 0 aromatic carbocycles. The molecule has 2 heteroatoms. The fourth-order valence-electron chi connectivity index (χ4n) is 1.60. The zero-order valence-electron chi connectivity index (χ0n) is 9.66. The summed E-state index contributed by atoms with van der Waals surface area (Å²) in [5.41, 5.74) is 0.951. The van der Waals surface area contributed by atoms with Crippen molar-refractivity contribution in [3.05, 3.63) is 12.2 Å². The summed E-state index contributed by atoms with van der Waals surface area (Å²) in [4.78, 5) is 0. The van der Waals surface area contributed by atoms with E-state index in [1.165, 1.54) is 0 Å². The van der Waals surface area contributed by atoms with Crippen LogP contribution in [0.5, 0.6) is 0 Å². The zero-order chi connectivity index (χ0) is 11.1. The van der Waals surface area contributed by atoms with Crippen LogP contribution in [0.4, 0.5) is 0 Å². The standard InChI is InChI=1S/C12H24O2/c1-5-11(6-2)12(14)7-9(3)10(4)8-13/h10-14H,3,5-8H2,1-2,4H3/t10-,12+/m1/s1. The second kappa shape index (κ2) is 7.02. The summed E-state index contributed by atoms with van der Waals surface area (Å²) >= 11 is 0. The third-order valence-corrected chi connectivity index (χ3v) is 3.04. The summed E-state index contributed by atoms with van der Waals surface area (Å²) in [6, 6.07) is 0. The molecule has 2 N–H and O–H groups in total. The Morgan fingerprint density at radius 2 is 1.79 bits per heavy atom. The molecular weight excluding hydrogens is 176 g/mol. The predicted octanol–water partition coefficient (Wildman–Crippen LogP) is 2.36. The van der Waals surface area contributed by atoms with Gasteiger partial charge in [-0.3, -0.25) is 0 Å². The van der Waals surface area contributed by atoms with Gasteiger partial charge in [0.1, 0.15) is 0 Å². The molecule has 0 saturated heterocycles. The highest BCUT2D eigenvalue weighted by Gasteiger charge is 2.18. The minimum Gasteiger partial charge on any atom is -0.396 e. The summed E-state index contributed by atoms with van der Waals surface area (Å²) in [5.74, 6) is 0.455. The molecule has 0 spiro atoms. The average Bonchev–Trinajstić information content (AvgIpc) is 2.18. The van der Waals surface area contributed by atoms with Crippen LogP contribution in [-0.2, 0) is 0 Å². The van der Waals surface area contributed by atoms with Gasteiger partial charge in [0.15, 0.2) is 0 Å². The lowest BCUT2D eigenvalue weighted by atomic mass is 9.89. The lowest BCUT2D eigenvalue weighted by Crippen LogP contribution is -2.21. The minimum atomic E-state index is -0.300. The van der Waals surface area contributed by atoms with E-state index in [9.17, 15) is 5.11 Å². The van der Waals surface area contributed by atoms with Crippen LogP contribution in [0.3, 0.4) is 0 Å². The van der Waals surface area contributed by atoms with Crippen molar-refractivity contribution in [2.24, 2.45) is 11.8 Å². The Balaban J connectivity index is 4.03. The van der Waals surface area contributed by atoms with Gasteiger partial charge in [0.25, 0.3) is 0 Å². The first-order valence-corrected chi connectivity index (χ1v) is 5.53. The molecule has 0 aromatic heterocycles. The van der Waals surface area contributed by atoms with Crippen molar-refractivity contribution in [1.29, 1.82) is 0 Å². The summed E-state index contributed by atoms with van der Waals surface area (Å²) in [6.07, 6.45) is 2.32. The van der Waals surface area contributed by atoms with Crippen molar-refractivity contribution < 1.29 is 10.2 Å². The minimum absolute atomic E-state index is 0.0963. The molecule has 0 aliphatic rings. The molecule has 0 aliphatic carbocycles. The van der Waals surface area contributed by atoms with Crippen molar-refractivity contribution in [2.45, 2.75) is 46.1 Å². The maximum Gasteiger partial charge on any atom is 0.0605 e. The first-order valence-electron chi connectivity index (χ1n) is 5.53. The summed E-state index contributed by atoms with van der Waals surface area (Å²) in [5, 5.41) is 18.8. The van der Waals surface area contributed by atoms with Crippen LogP contribution in [0.2, 0.25) is 0 Å². The Kier molecular flexibility index (Phi) is 6.85. The first-order chi connectivity index (χ1) is 6.56. The second-order valence-corrected chi connectivity index (χ2v) is 4.09. The molecular formula is C12H24O2. The van der Waals surface area contributed by atoms with Crippen LogP contribution in [0.15, 0.2) is 12.2 Å². The van der Waals surface area contributed by atoms with E-state index in [2.05, 4.69) is 20.4 Å². The van der Waals surface area contributed by atoms with E-state index < -0.39 is 0 Å². The summed E-state index contributed by atoms with van der Waals surface area (Å²) in [6.45, 7) is 10.1. The van der Waals surface area contributed by atoms with Crippen LogP contribution >= 0.6 is 0 Å². The monoisotopic (exact) mass is 200 g/mol. The van der Waals surface area contributed by atoms with Gasteiger partial charge in [0.05, 0.1) is 6.10 Å². The molecule has 0 fully saturated rings. The molecule has 14 heavy (non-hydrogen) atoms. The van der Waals surface area contributed by atoms with Crippen LogP contribution in [-0.4, -0.2) is 22.9 Å². The quantitative estimate of drug-likeness (QED) is 0.619. The largest absolute Gasteiger partial charge is 0.396 e. The van der Waals surface area contributed by atoms with Gasteiger partial charge in [-0.1, -0.05) is 45.8 Å². The van der Waals surface area contributed by atoms with Crippen LogP contribution < -0.4 is 0 Å². The fraction of sp³-hybridized carbons (Fsp3) is 0.833. The van der Waals surface area contributed by atoms with E-state index in [1.807, 2.05) is 6.92 Å². The first kappa shape index (κ1) is 13.7. The number of aliphatic hydroxyl groups excluding tert-OH is 2. The molecule has 0 bridgehead atoms. The van der Waals surface area contributed by atoms with Gasteiger partial charge in [0.2, 0.25) is 0 Å². The molecule has 0 aromatic rings. The normalized spacial score (nSPS) is 15.6. The van der Waals surface area contributed by atoms with Gasteiger partial charge in [-0.15, -0.1) is 0 Å². The predicted molar refractivity (Wildman–Crippen MR) is 60.1 cm³/mol. The Morgan fingerprint density at radius 1 is 1.29 bits per heavy atom. The van der Waals surface area contributed by atoms with Crippen molar-refractivity contribution in [3.8, 4) is 0 Å². The average molecular weight is 200 g/mol. The zero-order valence-corrected chi connectivity index (χ0v) is 9.66. The Morgan fingerprint density at radius 3 is 2.14 bits per heavy atom. The van der Waals surface area contributed by atoms with Crippen LogP contribution in [0.25, 0.3) is 0 Å². The molecule has 0 rings (SSSR count). The molecule has 0 aliphatic heterocycles. The molecule has 2 nitrogen and oxygen atoms in total. The Hall–Kier alpha value is -0.340. The fourth-order valence-corrected chi connectivity index (χ4v) is 1.60. The van der Waals surface area contributed by atoms with Gasteiger partial charge >= 0.3 is 0 Å². The number of hydrogen-bond acceptors (Lipinski definition) is 2. The lowest BCUT2D eigenvalue weighted by Gasteiger charge is -2.22. The van der Waals surface area contributed by atoms with Crippen LogP contribution in [0, 0.1) is 11.8 Å². The third kappa shape index (κ3) is 4.25. The van der Waals surface area contributed by atoms with Gasteiger partial charge < -0.3 is 10.2 Å². The Bertz CT molecular complexity index is 162. The molecule has 0 radical (unpaired) electrons. The van der Waals surface area contributed by atoms with Gasteiger partial charge in [-0.05, 0) is 18.3 Å². The van der Waals surface area contributed by atoms with E-state index >= 15 is 0 Å². The highest BCUT2D eigenvalue weighted by Crippen LogP contribution is 2.22. The van der Waals surface area contributed by atoms with Gasteiger partial charge in [-0.2, -0.15) is 0 Å². The Labute approximate surface area is 87.7 Å². The molecule has 0 unspecified atom stereocenters. The third-order valence-electron chi connectivity index (χ3n) is 3.04. The SMILES string of the molecule is C=C(C[C@H](O)C(CC)CC)[C@H](C)CO. The highest BCUT2D eigenvalue weighted by atomic mass is 16.3. The molecule has 0 saturated carbocycles. The topological polar surface area (TPSA) is 40.5 Å². The maximum absolute atomic E-state index is 9.88. The lowest BCUT2D eigenvalue weighted by molar-refractivity contribution is 0.0989. The number of aliphatic hydroxyl groups is 2. The van der Waals surface area contributed by atoms with E-state index in [1.54, 1.807) is 0 Å². The maximum atomic E-state index is 9.88. The van der Waals surface area contributed by atoms with Crippen LogP contribution in [0.1, 0.15) is 40.0 Å². The van der Waals surface area contributed by atoms with E-state index in [-0.39, 0.29) is 18.6 Å². The van der Waals surface area contributed by atoms with Crippen molar-refractivity contribution >= 4 is 0 Å². The molecule has 0 heterocycles. The summed E-state index contributed by atoms with van der Waals surface area (Å²) < 4.78 is 0. The number of hydrogen-bond donors (Lipinski definition) is 2. The van der Waals surface area contributed by atoms with E-state index in [0.29, 0.717) is 12.3 Å². The summed E-state index contributed by atoms with van der Waals surface area (Å²) in [7, 11) is 0. The smallest absolute Gasteiger partial charge is 0.0605 e.